The standard InChI is InChI=1S/C12H13NO3/c1-8-6-9-4-5-10(15-2)7-13(9)11(8)12(14)16-3/h4-7H,1-3H3. The topological polar surface area (TPSA) is 39.9 Å². The van der Waals surface area contributed by atoms with E-state index in [4.69, 9.17) is 9.47 Å². The summed E-state index contributed by atoms with van der Waals surface area (Å²) in [5.41, 5.74) is 2.37. The number of pyridine rings is 1. The number of nitrogens with zero attached hydrogens (tertiary/aromatic N) is 1. The molecule has 0 amide bonds. The van der Waals surface area contributed by atoms with E-state index in [-0.39, 0.29) is 5.97 Å². The van der Waals surface area contributed by atoms with Crippen LogP contribution in [0.4, 0.5) is 0 Å². The maximum absolute atomic E-state index is 11.6. The van der Waals surface area contributed by atoms with E-state index in [2.05, 4.69) is 0 Å². The Labute approximate surface area is 93.4 Å². The number of ether oxygens (including phenoxy) is 2. The molecule has 0 aliphatic carbocycles. The van der Waals surface area contributed by atoms with Gasteiger partial charge in [0.15, 0.2) is 0 Å². The quantitative estimate of drug-likeness (QED) is 0.726. The minimum absolute atomic E-state index is 0.342. The average Bonchev–Trinajstić information content (AvgIpc) is 2.63. The van der Waals surface area contributed by atoms with E-state index in [0.717, 1.165) is 11.1 Å². The van der Waals surface area contributed by atoms with E-state index in [0.29, 0.717) is 11.4 Å². The van der Waals surface area contributed by atoms with Crippen LogP contribution in [0.25, 0.3) is 5.52 Å². The molecule has 2 aromatic rings. The van der Waals surface area contributed by atoms with Crippen molar-refractivity contribution in [2.45, 2.75) is 6.92 Å². The molecule has 0 aliphatic heterocycles. The summed E-state index contributed by atoms with van der Waals surface area (Å²) < 4.78 is 11.7. The lowest BCUT2D eigenvalue weighted by molar-refractivity contribution is 0.0592. The molecule has 16 heavy (non-hydrogen) atoms. The second kappa shape index (κ2) is 3.89. The Morgan fingerprint density at radius 3 is 2.69 bits per heavy atom. The number of carbonyl (C=O) groups is 1. The Hall–Kier alpha value is -1.97. The zero-order valence-corrected chi connectivity index (χ0v) is 9.48. The molecular formula is C12H13NO3. The summed E-state index contributed by atoms with van der Waals surface area (Å²) in [6.07, 6.45) is 1.77. The van der Waals surface area contributed by atoms with Gasteiger partial charge in [0, 0.05) is 5.52 Å². The van der Waals surface area contributed by atoms with E-state index in [1.54, 1.807) is 17.7 Å². The normalized spacial score (nSPS) is 10.4. The first-order valence-corrected chi connectivity index (χ1v) is 4.91. The van der Waals surface area contributed by atoms with Gasteiger partial charge >= 0.3 is 5.97 Å². The summed E-state index contributed by atoms with van der Waals surface area (Å²) in [6, 6.07) is 5.69. The van der Waals surface area contributed by atoms with Crippen LogP contribution in [-0.2, 0) is 4.74 Å². The highest BCUT2D eigenvalue weighted by atomic mass is 16.5. The van der Waals surface area contributed by atoms with Crippen molar-refractivity contribution in [1.29, 1.82) is 0 Å². The summed E-state index contributed by atoms with van der Waals surface area (Å²) in [5, 5.41) is 0. The number of esters is 1. The zero-order valence-electron chi connectivity index (χ0n) is 9.48. The van der Waals surface area contributed by atoms with E-state index in [9.17, 15) is 4.79 Å². The number of methoxy groups -OCH3 is 2. The van der Waals surface area contributed by atoms with Gasteiger partial charge < -0.3 is 13.9 Å². The van der Waals surface area contributed by atoms with Crippen molar-refractivity contribution >= 4 is 11.5 Å². The Morgan fingerprint density at radius 1 is 1.31 bits per heavy atom. The van der Waals surface area contributed by atoms with Crippen LogP contribution in [0, 0.1) is 6.92 Å². The molecule has 0 bridgehead atoms. The van der Waals surface area contributed by atoms with Crippen LogP contribution < -0.4 is 4.74 Å². The Bertz CT molecular complexity index is 542. The maximum atomic E-state index is 11.6. The lowest BCUT2D eigenvalue weighted by Crippen LogP contribution is -2.07. The number of carbonyl (C=O) groups excluding carboxylic acids is 1. The van der Waals surface area contributed by atoms with Gasteiger partial charge in [0.25, 0.3) is 0 Å². The van der Waals surface area contributed by atoms with Gasteiger partial charge in [-0.2, -0.15) is 0 Å². The van der Waals surface area contributed by atoms with E-state index < -0.39 is 0 Å². The highest BCUT2D eigenvalue weighted by molar-refractivity contribution is 5.91. The first-order valence-electron chi connectivity index (χ1n) is 4.91. The number of hydrogen-bond donors (Lipinski definition) is 0. The first kappa shape index (κ1) is 10.5. The summed E-state index contributed by atoms with van der Waals surface area (Å²) >= 11 is 0. The average molecular weight is 219 g/mol. The summed E-state index contributed by atoms with van der Waals surface area (Å²) in [4.78, 5) is 11.6. The second-order valence-corrected chi connectivity index (χ2v) is 3.53. The van der Waals surface area contributed by atoms with Crippen LogP contribution >= 0.6 is 0 Å². The van der Waals surface area contributed by atoms with Gasteiger partial charge in [0.1, 0.15) is 11.4 Å². The molecule has 2 rings (SSSR count). The number of rotatable bonds is 2. The number of aryl methyl sites for hydroxylation is 1. The van der Waals surface area contributed by atoms with E-state index >= 15 is 0 Å². The Balaban J connectivity index is 2.70. The van der Waals surface area contributed by atoms with E-state index in [1.807, 2.05) is 25.1 Å². The predicted molar refractivity (Wildman–Crippen MR) is 60.0 cm³/mol. The molecular weight excluding hydrogens is 206 g/mol. The monoisotopic (exact) mass is 219 g/mol. The third-order valence-electron chi connectivity index (χ3n) is 2.55. The first-order chi connectivity index (χ1) is 7.67. The Kier molecular flexibility index (Phi) is 2.56. The number of hydrogen-bond acceptors (Lipinski definition) is 3. The van der Waals surface area contributed by atoms with Gasteiger partial charge in [-0.05, 0) is 30.7 Å². The molecule has 4 nitrogen and oxygen atoms in total. The van der Waals surface area contributed by atoms with Crippen molar-refractivity contribution < 1.29 is 14.3 Å². The number of aromatic nitrogens is 1. The third kappa shape index (κ3) is 1.52. The van der Waals surface area contributed by atoms with Crippen molar-refractivity contribution in [2.75, 3.05) is 14.2 Å². The van der Waals surface area contributed by atoms with Gasteiger partial charge in [-0.3, -0.25) is 0 Å². The smallest absolute Gasteiger partial charge is 0.355 e. The van der Waals surface area contributed by atoms with Gasteiger partial charge in [-0.15, -0.1) is 0 Å². The summed E-state index contributed by atoms with van der Waals surface area (Å²) in [6.45, 7) is 1.88. The van der Waals surface area contributed by atoms with Crippen LogP contribution in [0.1, 0.15) is 16.1 Å². The van der Waals surface area contributed by atoms with Crippen LogP contribution in [0.3, 0.4) is 0 Å². The lowest BCUT2D eigenvalue weighted by atomic mass is 10.3. The summed E-state index contributed by atoms with van der Waals surface area (Å²) in [7, 11) is 2.97. The second-order valence-electron chi connectivity index (χ2n) is 3.53. The third-order valence-corrected chi connectivity index (χ3v) is 2.55. The Morgan fingerprint density at radius 2 is 2.06 bits per heavy atom. The van der Waals surface area contributed by atoms with Gasteiger partial charge in [-0.1, -0.05) is 0 Å². The van der Waals surface area contributed by atoms with Gasteiger partial charge in [0.2, 0.25) is 0 Å². The molecule has 2 heterocycles. The summed E-state index contributed by atoms with van der Waals surface area (Å²) in [5.74, 6) is 0.360. The van der Waals surface area contributed by atoms with Crippen molar-refractivity contribution in [3.63, 3.8) is 0 Å². The van der Waals surface area contributed by atoms with Gasteiger partial charge in [0.05, 0.1) is 20.4 Å². The molecule has 84 valence electrons. The minimum atomic E-state index is -0.342. The fourth-order valence-electron chi connectivity index (χ4n) is 1.76. The van der Waals surface area contributed by atoms with Crippen LogP contribution in [-0.4, -0.2) is 24.6 Å². The van der Waals surface area contributed by atoms with Crippen molar-refractivity contribution in [1.82, 2.24) is 4.40 Å². The van der Waals surface area contributed by atoms with Gasteiger partial charge in [-0.25, -0.2) is 4.79 Å². The lowest BCUT2D eigenvalue weighted by Gasteiger charge is -2.04. The fraction of sp³-hybridized carbons (Fsp3) is 0.250. The highest BCUT2D eigenvalue weighted by Gasteiger charge is 2.15. The van der Waals surface area contributed by atoms with Crippen LogP contribution in [0.15, 0.2) is 24.4 Å². The largest absolute Gasteiger partial charge is 0.495 e. The zero-order chi connectivity index (χ0) is 11.7. The minimum Gasteiger partial charge on any atom is -0.495 e. The molecule has 0 spiro atoms. The van der Waals surface area contributed by atoms with Crippen LogP contribution in [0.5, 0.6) is 5.75 Å². The SMILES string of the molecule is COC(=O)c1c(C)cc2ccc(OC)cn12. The molecule has 0 radical (unpaired) electrons. The molecule has 0 saturated heterocycles. The molecule has 2 aromatic heterocycles. The molecule has 0 aromatic carbocycles. The molecule has 0 aliphatic rings. The molecule has 0 saturated carbocycles. The van der Waals surface area contributed by atoms with E-state index in [1.165, 1.54) is 7.11 Å². The predicted octanol–water partition coefficient (Wildman–Crippen LogP) is 2.04. The molecule has 0 fully saturated rings. The molecule has 0 N–H and O–H groups in total. The fourth-order valence-corrected chi connectivity index (χ4v) is 1.76. The molecule has 0 unspecified atom stereocenters. The van der Waals surface area contributed by atoms with Crippen molar-refractivity contribution in [2.24, 2.45) is 0 Å². The van der Waals surface area contributed by atoms with Crippen molar-refractivity contribution in [3.8, 4) is 5.75 Å². The molecule has 0 atom stereocenters. The maximum Gasteiger partial charge on any atom is 0.355 e. The van der Waals surface area contributed by atoms with Crippen molar-refractivity contribution in [3.05, 3.63) is 35.7 Å². The number of fused-ring (bicyclic) bond motifs is 1. The molecule has 4 heteroatoms. The van der Waals surface area contributed by atoms with Crippen LogP contribution in [0.2, 0.25) is 0 Å². The highest BCUT2D eigenvalue weighted by Crippen LogP contribution is 2.20.